The number of rotatable bonds is 1. The molecule has 0 amide bonds. The molecule has 1 saturated heterocycles. The Morgan fingerprint density at radius 2 is 1.89 bits per heavy atom. The van der Waals surface area contributed by atoms with E-state index in [-0.39, 0.29) is 10.7 Å². The molecule has 1 aromatic heterocycles. The van der Waals surface area contributed by atoms with Gasteiger partial charge in [0.15, 0.2) is 0 Å². The van der Waals surface area contributed by atoms with Crippen molar-refractivity contribution in [1.29, 1.82) is 0 Å². The molecule has 1 aliphatic heterocycles. The highest BCUT2D eigenvalue weighted by Gasteiger charge is 2.38. The first-order chi connectivity index (χ1) is 8.37. The third-order valence-corrected chi connectivity index (χ3v) is 2.39. The van der Waals surface area contributed by atoms with E-state index in [0.29, 0.717) is 5.56 Å². The average molecular weight is 268 g/mol. The average Bonchev–Trinajstić information content (AvgIpc) is 2.22. The lowest BCUT2D eigenvalue weighted by Crippen LogP contribution is -2.41. The maximum atomic E-state index is 11.7. The quantitative estimate of drug-likeness (QED) is 0.337. The molecule has 0 bridgehead atoms. The molecule has 0 aliphatic carbocycles. The number of cyclic esters (lactones) is 2. The molecule has 5 nitrogen and oxygen atoms in total. The highest BCUT2D eigenvalue weighted by Crippen LogP contribution is 2.24. The molecule has 18 heavy (non-hydrogen) atoms. The number of aromatic nitrogens is 1. The van der Waals surface area contributed by atoms with Gasteiger partial charge in [0.05, 0.1) is 0 Å². The minimum absolute atomic E-state index is 0.170. The van der Waals surface area contributed by atoms with E-state index < -0.39 is 17.7 Å². The van der Waals surface area contributed by atoms with Crippen LogP contribution in [0.1, 0.15) is 19.4 Å². The Labute approximate surface area is 108 Å². The lowest BCUT2D eigenvalue weighted by Gasteiger charge is -2.29. The van der Waals surface area contributed by atoms with Crippen molar-refractivity contribution >= 4 is 29.6 Å². The van der Waals surface area contributed by atoms with E-state index in [4.69, 9.17) is 21.1 Å². The normalized spacial score (nSPS) is 18.1. The third kappa shape index (κ3) is 2.68. The van der Waals surface area contributed by atoms with Crippen LogP contribution in [0.4, 0.5) is 0 Å². The zero-order valence-corrected chi connectivity index (χ0v) is 10.5. The number of carbonyl (C=O) groups excluding carboxylic acids is 2. The summed E-state index contributed by atoms with van der Waals surface area (Å²) in [6, 6.07) is 3.13. The highest BCUT2D eigenvalue weighted by atomic mass is 35.5. The lowest BCUT2D eigenvalue weighted by molar-refractivity contribution is -0.222. The number of carbonyl (C=O) groups is 2. The van der Waals surface area contributed by atoms with E-state index in [1.54, 1.807) is 6.07 Å². The van der Waals surface area contributed by atoms with Crippen molar-refractivity contribution in [3.8, 4) is 0 Å². The molecule has 1 aliphatic rings. The number of esters is 2. The van der Waals surface area contributed by atoms with Crippen LogP contribution in [-0.4, -0.2) is 22.7 Å². The van der Waals surface area contributed by atoms with Gasteiger partial charge in [-0.15, -0.1) is 0 Å². The first kappa shape index (κ1) is 12.6. The molecule has 0 spiro atoms. The van der Waals surface area contributed by atoms with Crippen LogP contribution in [0, 0.1) is 0 Å². The summed E-state index contributed by atoms with van der Waals surface area (Å²) in [7, 11) is 0. The van der Waals surface area contributed by atoms with E-state index in [1.165, 1.54) is 32.2 Å². The fourth-order valence-electron chi connectivity index (χ4n) is 1.45. The second kappa shape index (κ2) is 4.42. The number of halogens is 1. The second-order valence-corrected chi connectivity index (χ2v) is 4.54. The van der Waals surface area contributed by atoms with Crippen molar-refractivity contribution in [2.24, 2.45) is 0 Å². The van der Waals surface area contributed by atoms with Crippen LogP contribution >= 0.6 is 11.6 Å². The van der Waals surface area contributed by atoms with Crippen molar-refractivity contribution in [3.63, 3.8) is 0 Å². The highest BCUT2D eigenvalue weighted by molar-refractivity contribution is 6.29. The van der Waals surface area contributed by atoms with Gasteiger partial charge in [0, 0.05) is 20.0 Å². The Morgan fingerprint density at radius 3 is 2.44 bits per heavy atom. The van der Waals surface area contributed by atoms with Crippen molar-refractivity contribution in [2.75, 3.05) is 0 Å². The summed E-state index contributed by atoms with van der Waals surface area (Å²) in [4.78, 5) is 27.1. The van der Waals surface area contributed by atoms with Gasteiger partial charge in [-0.2, -0.15) is 0 Å². The Morgan fingerprint density at radius 1 is 1.28 bits per heavy atom. The van der Waals surface area contributed by atoms with Crippen LogP contribution in [0.2, 0.25) is 5.15 Å². The van der Waals surface area contributed by atoms with Gasteiger partial charge in [-0.25, -0.2) is 14.6 Å². The molecule has 6 heteroatoms. The van der Waals surface area contributed by atoms with Gasteiger partial charge in [0.2, 0.25) is 0 Å². The van der Waals surface area contributed by atoms with Crippen LogP contribution in [0.15, 0.2) is 23.9 Å². The Bertz CT molecular complexity index is 529. The van der Waals surface area contributed by atoms with Crippen LogP contribution in [-0.2, 0) is 19.1 Å². The summed E-state index contributed by atoms with van der Waals surface area (Å²) >= 11 is 5.71. The maximum absolute atomic E-state index is 11.7. The first-order valence-corrected chi connectivity index (χ1v) is 5.55. The molecule has 0 radical (unpaired) electrons. The molecular formula is C12H10ClNO4. The molecule has 0 N–H and O–H groups in total. The molecule has 0 aromatic carbocycles. The predicted molar refractivity (Wildman–Crippen MR) is 63.5 cm³/mol. The standard InChI is InChI=1S/C12H10ClNO4/c1-12(2)17-10(15)8(11(16)18-12)5-7-3-4-14-9(13)6-7/h3-6H,1-2H3. The SMILES string of the molecule is CC1(C)OC(=O)C(=Cc2ccnc(Cl)c2)C(=O)O1. The van der Waals surface area contributed by atoms with Gasteiger partial charge in [0.1, 0.15) is 10.7 Å². The van der Waals surface area contributed by atoms with E-state index in [0.717, 1.165) is 0 Å². The summed E-state index contributed by atoms with van der Waals surface area (Å²) in [6.45, 7) is 2.98. The third-order valence-electron chi connectivity index (χ3n) is 2.18. The number of nitrogens with zero attached hydrogens (tertiary/aromatic N) is 1. The van der Waals surface area contributed by atoms with Gasteiger partial charge in [-0.3, -0.25) is 0 Å². The topological polar surface area (TPSA) is 65.5 Å². The fraction of sp³-hybridized carbons (Fsp3) is 0.250. The minimum Gasteiger partial charge on any atom is -0.419 e. The van der Waals surface area contributed by atoms with E-state index >= 15 is 0 Å². The zero-order valence-electron chi connectivity index (χ0n) is 9.77. The molecule has 94 valence electrons. The van der Waals surface area contributed by atoms with Gasteiger partial charge >= 0.3 is 11.9 Å². The van der Waals surface area contributed by atoms with Gasteiger partial charge < -0.3 is 9.47 Å². The molecular weight excluding hydrogens is 258 g/mol. The van der Waals surface area contributed by atoms with Crippen molar-refractivity contribution < 1.29 is 19.1 Å². The van der Waals surface area contributed by atoms with Crippen LogP contribution in [0.25, 0.3) is 6.08 Å². The molecule has 0 saturated carbocycles. The van der Waals surface area contributed by atoms with Crippen LogP contribution < -0.4 is 0 Å². The number of hydrogen-bond acceptors (Lipinski definition) is 5. The number of pyridine rings is 1. The Hall–Kier alpha value is -1.88. The smallest absolute Gasteiger partial charge is 0.348 e. The van der Waals surface area contributed by atoms with Crippen molar-refractivity contribution in [1.82, 2.24) is 4.98 Å². The summed E-state index contributed by atoms with van der Waals surface area (Å²) < 4.78 is 9.92. The number of ether oxygens (including phenoxy) is 2. The minimum atomic E-state index is -1.23. The monoisotopic (exact) mass is 267 g/mol. The fourth-order valence-corrected chi connectivity index (χ4v) is 1.63. The molecule has 1 fully saturated rings. The van der Waals surface area contributed by atoms with E-state index in [9.17, 15) is 9.59 Å². The summed E-state index contributed by atoms with van der Waals surface area (Å²) in [5.74, 6) is -2.67. The molecule has 2 rings (SSSR count). The van der Waals surface area contributed by atoms with Gasteiger partial charge in [0.25, 0.3) is 5.79 Å². The largest absolute Gasteiger partial charge is 0.419 e. The lowest BCUT2D eigenvalue weighted by atomic mass is 10.1. The van der Waals surface area contributed by atoms with Gasteiger partial charge in [-0.1, -0.05) is 11.6 Å². The van der Waals surface area contributed by atoms with Crippen LogP contribution in [0.5, 0.6) is 0 Å². The van der Waals surface area contributed by atoms with Crippen molar-refractivity contribution in [3.05, 3.63) is 34.6 Å². The molecule has 0 atom stereocenters. The Balaban J connectivity index is 2.34. The summed E-state index contributed by atoms with van der Waals surface area (Å²) in [6.07, 6.45) is 2.83. The summed E-state index contributed by atoms with van der Waals surface area (Å²) in [5, 5.41) is 0.266. The molecule has 2 heterocycles. The zero-order chi connectivity index (χ0) is 13.3. The summed E-state index contributed by atoms with van der Waals surface area (Å²) in [5.41, 5.74) is 0.398. The van der Waals surface area contributed by atoms with E-state index in [2.05, 4.69) is 4.98 Å². The predicted octanol–water partition coefficient (Wildman–Crippen LogP) is 1.95. The number of hydrogen-bond donors (Lipinski definition) is 0. The molecule has 0 unspecified atom stereocenters. The first-order valence-electron chi connectivity index (χ1n) is 5.17. The van der Waals surface area contributed by atoms with Crippen LogP contribution in [0.3, 0.4) is 0 Å². The van der Waals surface area contributed by atoms with E-state index in [1.807, 2.05) is 0 Å². The molecule has 1 aromatic rings. The maximum Gasteiger partial charge on any atom is 0.348 e. The second-order valence-electron chi connectivity index (χ2n) is 4.15. The van der Waals surface area contributed by atoms with Gasteiger partial charge in [-0.05, 0) is 23.8 Å². The Kier molecular flexibility index (Phi) is 3.09. The van der Waals surface area contributed by atoms with Crippen molar-refractivity contribution in [2.45, 2.75) is 19.6 Å².